The molecule has 1 aliphatic carbocycles. The van der Waals surface area contributed by atoms with Crippen molar-refractivity contribution in [2.45, 2.75) is 57.0 Å². The maximum absolute atomic E-state index is 12.0. The lowest BCUT2D eigenvalue weighted by atomic mass is 9.90. The van der Waals surface area contributed by atoms with Crippen LogP contribution in [-0.2, 0) is 0 Å². The molecule has 4 heteroatoms. The third kappa shape index (κ3) is 3.80. The van der Waals surface area contributed by atoms with Gasteiger partial charge in [-0.15, -0.1) is 0 Å². The summed E-state index contributed by atoms with van der Waals surface area (Å²) in [5.74, 6) is 0. The quantitative estimate of drug-likeness (QED) is 0.757. The Labute approximate surface area is 109 Å². The summed E-state index contributed by atoms with van der Waals surface area (Å²) in [4.78, 5) is 0. The van der Waals surface area contributed by atoms with Gasteiger partial charge in [0, 0.05) is 18.4 Å². The molecule has 1 heterocycles. The third-order valence-electron chi connectivity index (χ3n) is 3.81. The molecule has 3 nitrogen and oxygen atoms in total. The van der Waals surface area contributed by atoms with Crippen LogP contribution in [0.2, 0.25) is 0 Å². The van der Waals surface area contributed by atoms with Gasteiger partial charge in [-0.2, -0.15) is 5.10 Å². The maximum atomic E-state index is 12.0. The van der Waals surface area contributed by atoms with Crippen molar-refractivity contribution in [1.82, 2.24) is 15.1 Å². The van der Waals surface area contributed by atoms with E-state index in [0.29, 0.717) is 18.5 Å². The van der Waals surface area contributed by atoms with Crippen LogP contribution >= 0.6 is 0 Å². The zero-order valence-electron chi connectivity index (χ0n) is 11.0. The van der Waals surface area contributed by atoms with Gasteiger partial charge in [0.2, 0.25) is 0 Å². The zero-order valence-corrected chi connectivity index (χ0v) is 11.0. The Morgan fingerprint density at radius 1 is 1.22 bits per heavy atom. The predicted molar refractivity (Wildman–Crippen MR) is 71.3 cm³/mol. The number of nitrogens with one attached hydrogen (secondary N) is 1. The summed E-state index contributed by atoms with van der Waals surface area (Å²) in [6.07, 6.45) is 11.7. The number of hydrogen-bond donors (Lipinski definition) is 1. The normalized spacial score (nSPS) is 24.3. The molecule has 0 amide bonds. The molecule has 2 rings (SSSR count). The number of rotatable bonds is 7. The highest BCUT2D eigenvalue weighted by molar-refractivity contribution is 4.89. The predicted octanol–water partition coefficient (Wildman–Crippen LogP) is 3.10. The summed E-state index contributed by atoms with van der Waals surface area (Å²) in [5.41, 5.74) is 0. The second kappa shape index (κ2) is 7.52. The molecule has 1 aromatic rings. The van der Waals surface area contributed by atoms with E-state index in [0.717, 1.165) is 19.4 Å². The van der Waals surface area contributed by atoms with Gasteiger partial charge >= 0.3 is 0 Å². The van der Waals surface area contributed by atoms with Crippen molar-refractivity contribution in [3.8, 4) is 0 Å². The molecule has 1 aromatic heterocycles. The minimum Gasteiger partial charge on any atom is -0.312 e. The van der Waals surface area contributed by atoms with Gasteiger partial charge in [-0.25, -0.2) is 0 Å². The molecule has 2 atom stereocenters. The fourth-order valence-electron chi connectivity index (χ4n) is 2.83. The molecule has 1 saturated carbocycles. The molecule has 0 spiro atoms. The monoisotopic (exact) mass is 253 g/mol. The van der Waals surface area contributed by atoms with Gasteiger partial charge in [-0.05, 0) is 44.7 Å². The largest absolute Gasteiger partial charge is 0.312 e. The van der Waals surface area contributed by atoms with Crippen LogP contribution in [0.5, 0.6) is 0 Å². The zero-order chi connectivity index (χ0) is 12.6. The first-order valence-corrected chi connectivity index (χ1v) is 7.20. The molecule has 0 saturated heterocycles. The lowest BCUT2D eigenvalue weighted by molar-refractivity contribution is 0.246. The van der Waals surface area contributed by atoms with E-state index >= 15 is 0 Å². The maximum Gasteiger partial charge on any atom is 0.0894 e. The second-order valence-electron chi connectivity index (χ2n) is 5.15. The van der Waals surface area contributed by atoms with E-state index in [1.807, 2.05) is 12.3 Å². The molecule has 1 fully saturated rings. The highest BCUT2D eigenvalue weighted by Crippen LogP contribution is 2.27. The van der Waals surface area contributed by atoms with Crippen LogP contribution in [0.3, 0.4) is 0 Å². The van der Waals surface area contributed by atoms with E-state index in [1.165, 1.54) is 25.7 Å². The van der Waals surface area contributed by atoms with Crippen LogP contribution in [0.25, 0.3) is 0 Å². The van der Waals surface area contributed by atoms with Gasteiger partial charge in [0.05, 0.1) is 12.7 Å². The van der Waals surface area contributed by atoms with E-state index in [2.05, 4.69) is 21.3 Å². The first-order valence-electron chi connectivity index (χ1n) is 7.20. The van der Waals surface area contributed by atoms with Crippen LogP contribution in [0.15, 0.2) is 18.5 Å². The fraction of sp³-hybridized carbons (Fsp3) is 0.786. The first kappa shape index (κ1) is 13.5. The molecule has 0 radical (unpaired) electrons. The standard InChI is InChI=1S/C14H24FN3/c15-9-4-1-5-10-16-13-7-2-3-8-14(13)18-12-6-11-17-18/h6,11-14,16H,1-5,7-10H2/t13-,14-/m0/s1. The molecule has 0 aromatic carbocycles. The number of nitrogens with zero attached hydrogens (tertiary/aromatic N) is 2. The Bertz CT molecular complexity index is 313. The summed E-state index contributed by atoms with van der Waals surface area (Å²) in [6, 6.07) is 3.02. The van der Waals surface area contributed by atoms with Crippen LogP contribution < -0.4 is 5.32 Å². The molecule has 18 heavy (non-hydrogen) atoms. The Kier molecular flexibility index (Phi) is 5.65. The van der Waals surface area contributed by atoms with Gasteiger partial charge in [-0.1, -0.05) is 12.8 Å². The third-order valence-corrected chi connectivity index (χ3v) is 3.81. The Balaban J connectivity index is 1.77. The molecular weight excluding hydrogens is 229 g/mol. The number of unbranched alkanes of at least 4 members (excludes halogenated alkanes) is 2. The number of aromatic nitrogens is 2. The van der Waals surface area contributed by atoms with E-state index in [1.54, 1.807) is 0 Å². The summed E-state index contributed by atoms with van der Waals surface area (Å²) in [6.45, 7) is 0.821. The smallest absolute Gasteiger partial charge is 0.0894 e. The van der Waals surface area contributed by atoms with E-state index in [4.69, 9.17) is 0 Å². The molecule has 0 bridgehead atoms. The summed E-state index contributed by atoms with van der Waals surface area (Å²) >= 11 is 0. The van der Waals surface area contributed by atoms with Crippen molar-refractivity contribution < 1.29 is 4.39 Å². The van der Waals surface area contributed by atoms with Gasteiger partial charge in [0.1, 0.15) is 0 Å². The minimum absolute atomic E-state index is 0.181. The van der Waals surface area contributed by atoms with Crippen molar-refractivity contribution in [2.24, 2.45) is 0 Å². The van der Waals surface area contributed by atoms with Crippen LogP contribution in [0, 0.1) is 0 Å². The second-order valence-corrected chi connectivity index (χ2v) is 5.15. The van der Waals surface area contributed by atoms with Crippen molar-refractivity contribution in [3.63, 3.8) is 0 Å². The van der Waals surface area contributed by atoms with Crippen LogP contribution in [0.1, 0.15) is 51.0 Å². The van der Waals surface area contributed by atoms with Crippen molar-refractivity contribution >= 4 is 0 Å². The first-order chi connectivity index (χ1) is 8.92. The fourth-order valence-corrected chi connectivity index (χ4v) is 2.83. The molecule has 102 valence electrons. The number of alkyl halides is 1. The summed E-state index contributed by atoms with van der Waals surface area (Å²) < 4.78 is 14.1. The highest BCUT2D eigenvalue weighted by Gasteiger charge is 2.25. The number of hydrogen-bond acceptors (Lipinski definition) is 2. The van der Waals surface area contributed by atoms with Crippen molar-refractivity contribution in [1.29, 1.82) is 0 Å². The Morgan fingerprint density at radius 2 is 2.11 bits per heavy atom. The topological polar surface area (TPSA) is 29.9 Å². The number of halogens is 1. The van der Waals surface area contributed by atoms with Crippen LogP contribution in [-0.4, -0.2) is 29.0 Å². The van der Waals surface area contributed by atoms with Crippen molar-refractivity contribution in [2.75, 3.05) is 13.2 Å². The van der Waals surface area contributed by atoms with E-state index in [9.17, 15) is 4.39 Å². The van der Waals surface area contributed by atoms with Crippen molar-refractivity contribution in [3.05, 3.63) is 18.5 Å². The minimum atomic E-state index is -0.181. The molecular formula is C14H24FN3. The van der Waals surface area contributed by atoms with Gasteiger partial charge < -0.3 is 5.32 Å². The highest BCUT2D eigenvalue weighted by atomic mass is 19.1. The SMILES string of the molecule is FCCCCCN[C@H]1CCCC[C@@H]1n1cccn1. The molecule has 1 N–H and O–H groups in total. The molecule has 1 aliphatic rings. The average Bonchev–Trinajstić information content (AvgIpc) is 2.93. The Morgan fingerprint density at radius 3 is 2.89 bits per heavy atom. The summed E-state index contributed by atoms with van der Waals surface area (Å²) in [5, 5.41) is 8.01. The van der Waals surface area contributed by atoms with Gasteiger partial charge in [0.15, 0.2) is 0 Å². The average molecular weight is 253 g/mol. The van der Waals surface area contributed by atoms with Crippen LogP contribution in [0.4, 0.5) is 4.39 Å². The lowest BCUT2D eigenvalue weighted by Gasteiger charge is -2.32. The lowest BCUT2D eigenvalue weighted by Crippen LogP contribution is -2.40. The van der Waals surface area contributed by atoms with E-state index in [-0.39, 0.29) is 6.67 Å². The summed E-state index contributed by atoms with van der Waals surface area (Å²) in [7, 11) is 0. The Hall–Kier alpha value is -0.900. The van der Waals surface area contributed by atoms with Gasteiger partial charge in [0.25, 0.3) is 0 Å². The molecule has 0 aliphatic heterocycles. The van der Waals surface area contributed by atoms with Gasteiger partial charge in [-0.3, -0.25) is 9.07 Å². The molecule has 0 unspecified atom stereocenters. The van der Waals surface area contributed by atoms with E-state index < -0.39 is 0 Å².